The van der Waals surface area contributed by atoms with Crippen LogP contribution in [0.2, 0.25) is 0 Å². The van der Waals surface area contributed by atoms with E-state index in [1.165, 1.54) is 5.56 Å². The lowest BCUT2D eigenvalue weighted by Gasteiger charge is -2.20. The molecule has 2 N–H and O–H groups in total. The lowest BCUT2D eigenvalue weighted by atomic mass is 9.99. The molecule has 0 aliphatic heterocycles. The Labute approximate surface area is 131 Å². The van der Waals surface area contributed by atoms with Crippen LogP contribution < -0.4 is 15.4 Å². The summed E-state index contributed by atoms with van der Waals surface area (Å²) in [6.45, 7) is 4.11. The summed E-state index contributed by atoms with van der Waals surface area (Å²) in [5, 5.41) is 5.86. The third-order valence-electron chi connectivity index (χ3n) is 3.63. The van der Waals surface area contributed by atoms with Gasteiger partial charge in [-0.25, -0.2) is 4.79 Å². The first-order chi connectivity index (χ1) is 10.7. The van der Waals surface area contributed by atoms with Gasteiger partial charge in [0.15, 0.2) is 0 Å². The predicted octanol–water partition coefficient (Wildman–Crippen LogP) is 4.28. The summed E-state index contributed by atoms with van der Waals surface area (Å²) in [6.07, 6.45) is 0.824. The Hall–Kier alpha value is -2.49. The summed E-state index contributed by atoms with van der Waals surface area (Å²) < 4.78 is 5.24. The Morgan fingerprint density at radius 1 is 1.14 bits per heavy atom. The fourth-order valence-corrected chi connectivity index (χ4v) is 2.44. The Bertz CT molecular complexity index is 640. The number of rotatable bonds is 5. The monoisotopic (exact) mass is 298 g/mol. The Morgan fingerprint density at radius 2 is 1.82 bits per heavy atom. The van der Waals surface area contributed by atoms with Gasteiger partial charge in [0.25, 0.3) is 0 Å². The van der Waals surface area contributed by atoms with Gasteiger partial charge in [-0.2, -0.15) is 0 Å². The van der Waals surface area contributed by atoms with E-state index in [2.05, 4.69) is 30.5 Å². The topological polar surface area (TPSA) is 50.4 Å². The lowest BCUT2D eigenvalue weighted by Crippen LogP contribution is -2.32. The van der Waals surface area contributed by atoms with Crippen LogP contribution in [-0.4, -0.2) is 13.1 Å². The van der Waals surface area contributed by atoms with Crippen molar-refractivity contribution in [3.05, 3.63) is 59.7 Å². The normalized spacial score (nSPS) is 11.6. The minimum absolute atomic E-state index is 0.0177. The SMILES string of the molecule is CC[C@H](NC(=O)Nc1ccccc1OC)c1ccccc1C. The van der Waals surface area contributed by atoms with E-state index in [1.54, 1.807) is 7.11 Å². The number of anilines is 1. The van der Waals surface area contributed by atoms with Gasteiger partial charge in [-0.15, -0.1) is 0 Å². The maximum absolute atomic E-state index is 12.3. The molecule has 116 valence electrons. The maximum atomic E-state index is 12.3. The van der Waals surface area contributed by atoms with Gasteiger partial charge in [-0.05, 0) is 36.6 Å². The standard InChI is InChI=1S/C18H22N2O2/c1-4-15(14-10-6-5-9-13(14)2)19-18(21)20-16-11-7-8-12-17(16)22-3/h5-12,15H,4H2,1-3H3,(H2,19,20,21)/t15-/m0/s1. The number of para-hydroxylation sites is 2. The highest BCUT2D eigenvalue weighted by Gasteiger charge is 2.15. The van der Waals surface area contributed by atoms with Crippen LogP contribution in [0.25, 0.3) is 0 Å². The van der Waals surface area contributed by atoms with Crippen LogP contribution in [0.3, 0.4) is 0 Å². The molecule has 0 bridgehead atoms. The fourth-order valence-electron chi connectivity index (χ4n) is 2.44. The van der Waals surface area contributed by atoms with Gasteiger partial charge in [0.1, 0.15) is 5.75 Å². The van der Waals surface area contributed by atoms with Crippen molar-refractivity contribution in [1.29, 1.82) is 0 Å². The van der Waals surface area contributed by atoms with Crippen LogP contribution in [0.5, 0.6) is 5.75 Å². The Morgan fingerprint density at radius 3 is 2.50 bits per heavy atom. The van der Waals surface area contributed by atoms with Crippen LogP contribution in [0.1, 0.15) is 30.5 Å². The number of methoxy groups -OCH3 is 1. The summed E-state index contributed by atoms with van der Waals surface area (Å²) in [7, 11) is 1.58. The zero-order chi connectivity index (χ0) is 15.9. The molecule has 2 aromatic carbocycles. The van der Waals surface area contributed by atoms with E-state index in [9.17, 15) is 4.79 Å². The average molecular weight is 298 g/mol. The van der Waals surface area contributed by atoms with Crippen molar-refractivity contribution in [3.63, 3.8) is 0 Å². The molecule has 0 aromatic heterocycles. The molecule has 4 nitrogen and oxygen atoms in total. The summed E-state index contributed by atoms with van der Waals surface area (Å²) >= 11 is 0. The molecular formula is C18H22N2O2. The number of hydrogen-bond acceptors (Lipinski definition) is 2. The first-order valence-corrected chi connectivity index (χ1v) is 7.41. The highest BCUT2D eigenvalue weighted by molar-refractivity contribution is 5.91. The zero-order valence-electron chi connectivity index (χ0n) is 13.2. The summed E-state index contributed by atoms with van der Waals surface area (Å²) in [5.41, 5.74) is 2.97. The second-order valence-corrected chi connectivity index (χ2v) is 5.12. The van der Waals surface area contributed by atoms with Crippen molar-refractivity contribution < 1.29 is 9.53 Å². The molecule has 2 amide bonds. The molecule has 2 rings (SSSR count). The first-order valence-electron chi connectivity index (χ1n) is 7.41. The molecule has 0 fully saturated rings. The van der Waals surface area contributed by atoms with Crippen molar-refractivity contribution >= 4 is 11.7 Å². The van der Waals surface area contributed by atoms with Crippen molar-refractivity contribution in [2.24, 2.45) is 0 Å². The van der Waals surface area contributed by atoms with Crippen LogP contribution in [0.4, 0.5) is 10.5 Å². The zero-order valence-corrected chi connectivity index (χ0v) is 13.2. The molecule has 0 spiro atoms. The second kappa shape index (κ2) is 7.50. The van der Waals surface area contributed by atoms with Gasteiger partial charge >= 0.3 is 6.03 Å². The molecule has 0 radical (unpaired) electrons. The number of aryl methyl sites for hydroxylation is 1. The molecular weight excluding hydrogens is 276 g/mol. The summed E-state index contributed by atoms with van der Waals surface area (Å²) in [4.78, 5) is 12.3. The van der Waals surface area contributed by atoms with Crippen LogP contribution in [-0.2, 0) is 0 Å². The fraction of sp³-hybridized carbons (Fsp3) is 0.278. The average Bonchev–Trinajstić information content (AvgIpc) is 2.54. The van der Waals surface area contributed by atoms with Gasteiger partial charge in [0, 0.05) is 0 Å². The molecule has 0 heterocycles. The number of ether oxygens (including phenoxy) is 1. The largest absolute Gasteiger partial charge is 0.495 e. The van der Waals surface area contributed by atoms with Gasteiger partial charge < -0.3 is 15.4 Å². The van der Waals surface area contributed by atoms with E-state index in [0.717, 1.165) is 12.0 Å². The number of nitrogens with one attached hydrogen (secondary N) is 2. The van der Waals surface area contributed by atoms with E-state index in [1.807, 2.05) is 42.5 Å². The quantitative estimate of drug-likeness (QED) is 0.865. The molecule has 2 aromatic rings. The molecule has 0 saturated heterocycles. The molecule has 1 atom stereocenters. The maximum Gasteiger partial charge on any atom is 0.319 e. The van der Waals surface area contributed by atoms with Crippen LogP contribution in [0.15, 0.2) is 48.5 Å². The third kappa shape index (κ3) is 3.79. The molecule has 0 saturated carbocycles. The van der Waals surface area contributed by atoms with Crippen LogP contribution >= 0.6 is 0 Å². The molecule has 0 unspecified atom stereocenters. The molecule has 0 aliphatic rings. The number of benzene rings is 2. The highest BCUT2D eigenvalue weighted by Crippen LogP contribution is 2.24. The minimum Gasteiger partial charge on any atom is -0.495 e. The molecule has 0 aliphatic carbocycles. The van der Waals surface area contributed by atoms with Crippen LogP contribution in [0, 0.1) is 6.92 Å². The number of carbonyl (C=O) groups is 1. The Kier molecular flexibility index (Phi) is 5.42. The molecule has 22 heavy (non-hydrogen) atoms. The van der Waals surface area contributed by atoms with E-state index in [0.29, 0.717) is 11.4 Å². The predicted molar refractivity (Wildman–Crippen MR) is 89.4 cm³/mol. The third-order valence-corrected chi connectivity index (χ3v) is 3.63. The van der Waals surface area contributed by atoms with Crippen molar-refractivity contribution in [1.82, 2.24) is 5.32 Å². The first kappa shape index (κ1) is 15.9. The number of carbonyl (C=O) groups excluding carboxylic acids is 1. The highest BCUT2D eigenvalue weighted by atomic mass is 16.5. The van der Waals surface area contributed by atoms with E-state index in [4.69, 9.17) is 4.74 Å². The van der Waals surface area contributed by atoms with Gasteiger partial charge in [-0.3, -0.25) is 0 Å². The lowest BCUT2D eigenvalue weighted by molar-refractivity contribution is 0.248. The Balaban J connectivity index is 2.08. The van der Waals surface area contributed by atoms with E-state index >= 15 is 0 Å². The van der Waals surface area contributed by atoms with E-state index in [-0.39, 0.29) is 12.1 Å². The second-order valence-electron chi connectivity index (χ2n) is 5.12. The van der Waals surface area contributed by atoms with Gasteiger partial charge in [-0.1, -0.05) is 43.3 Å². The molecule has 4 heteroatoms. The van der Waals surface area contributed by atoms with Gasteiger partial charge in [0.2, 0.25) is 0 Å². The number of hydrogen-bond donors (Lipinski definition) is 2. The smallest absolute Gasteiger partial charge is 0.319 e. The number of amides is 2. The van der Waals surface area contributed by atoms with Crippen molar-refractivity contribution in [3.8, 4) is 5.75 Å². The van der Waals surface area contributed by atoms with Crippen molar-refractivity contribution in [2.75, 3.05) is 12.4 Å². The minimum atomic E-state index is -0.236. The van der Waals surface area contributed by atoms with Crippen molar-refractivity contribution in [2.45, 2.75) is 26.3 Å². The van der Waals surface area contributed by atoms with Gasteiger partial charge in [0.05, 0.1) is 18.8 Å². The summed E-state index contributed by atoms with van der Waals surface area (Å²) in [6, 6.07) is 15.2. The summed E-state index contributed by atoms with van der Waals surface area (Å²) in [5.74, 6) is 0.640. The van der Waals surface area contributed by atoms with E-state index < -0.39 is 0 Å². The number of urea groups is 1.